The van der Waals surface area contributed by atoms with Crippen LogP contribution in [0.5, 0.6) is 0 Å². The second kappa shape index (κ2) is 10.6. The van der Waals surface area contributed by atoms with E-state index >= 15 is 0 Å². The average molecular weight is 496 g/mol. The van der Waals surface area contributed by atoms with Crippen LogP contribution in [0.25, 0.3) is 28.2 Å². The molecule has 0 unspecified atom stereocenters. The molecule has 1 aliphatic rings. The van der Waals surface area contributed by atoms with Crippen molar-refractivity contribution in [1.29, 1.82) is 0 Å². The SMILES string of the molecule is CC(C)(C)OC(=O)N1CCN(Cc2cnn(-c3ccc(-c4ccccc4)cc3)c2-c2ccccn2)CC1. The highest BCUT2D eigenvalue weighted by Gasteiger charge is 2.27. The Labute approximate surface area is 218 Å². The van der Waals surface area contributed by atoms with Crippen LogP contribution in [-0.4, -0.2) is 62.4 Å². The van der Waals surface area contributed by atoms with Crippen LogP contribution in [0.1, 0.15) is 26.3 Å². The summed E-state index contributed by atoms with van der Waals surface area (Å²) in [6.07, 6.45) is 3.51. The molecule has 0 bridgehead atoms. The number of carbonyl (C=O) groups excluding carboxylic acids is 1. The van der Waals surface area contributed by atoms with Gasteiger partial charge in [0.1, 0.15) is 5.60 Å². The largest absolute Gasteiger partial charge is 0.444 e. The monoisotopic (exact) mass is 495 g/mol. The first kappa shape index (κ1) is 24.7. The van der Waals surface area contributed by atoms with Crippen LogP contribution >= 0.6 is 0 Å². The minimum atomic E-state index is -0.486. The first-order chi connectivity index (χ1) is 17.9. The van der Waals surface area contributed by atoms with Gasteiger partial charge in [-0.05, 0) is 56.2 Å². The number of amides is 1. The Bertz CT molecular complexity index is 1320. The molecule has 4 aromatic rings. The molecule has 7 heteroatoms. The summed E-state index contributed by atoms with van der Waals surface area (Å²) in [6.45, 7) is 9.26. The van der Waals surface area contributed by atoms with Gasteiger partial charge in [0.05, 0.1) is 23.3 Å². The van der Waals surface area contributed by atoms with Gasteiger partial charge in [0, 0.05) is 44.5 Å². The molecule has 0 saturated carbocycles. The molecule has 1 aliphatic heterocycles. The Morgan fingerprint density at radius 1 is 0.865 bits per heavy atom. The summed E-state index contributed by atoms with van der Waals surface area (Å²) in [5.74, 6) is 0. The Morgan fingerprint density at radius 3 is 2.19 bits per heavy atom. The van der Waals surface area contributed by atoms with Gasteiger partial charge >= 0.3 is 6.09 Å². The highest BCUT2D eigenvalue weighted by molar-refractivity contribution is 5.68. The van der Waals surface area contributed by atoms with Gasteiger partial charge in [-0.3, -0.25) is 9.88 Å². The maximum absolute atomic E-state index is 12.5. The summed E-state index contributed by atoms with van der Waals surface area (Å²) in [5, 5.41) is 4.78. The average Bonchev–Trinajstić information content (AvgIpc) is 3.32. The standard InChI is InChI=1S/C30H33N5O2/c1-30(2,3)37-29(36)34-19-17-33(18-20-34)22-25-21-32-35(28(25)27-11-7-8-16-31-27)26-14-12-24(13-15-26)23-9-5-4-6-10-23/h4-16,21H,17-20,22H2,1-3H3. The lowest BCUT2D eigenvalue weighted by Gasteiger charge is -2.35. The van der Waals surface area contributed by atoms with Crippen molar-refractivity contribution >= 4 is 6.09 Å². The smallest absolute Gasteiger partial charge is 0.410 e. The predicted octanol–water partition coefficient (Wildman–Crippen LogP) is 5.65. The number of hydrogen-bond donors (Lipinski definition) is 0. The number of ether oxygens (including phenoxy) is 1. The molecule has 0 atom stereocenters. The van der Waals surface area contributed by atoms with Crippen LogP contribution in [0.2, 0.25) is 0 Å². The summed E-state index contributed by atoms with van der Waals surface area (Å²) in [4.78, 5) is 21.2. The van der Waals surface area contributed by atoms with Gasteiger partial charge in [-0.15, -0.1) is 0 Å². The van der Waals surface area contributed by atoms with Crippen LogP contribution in [0, 0.1) is 0 Å². The number of benzene rings is 2. The highest BCUT2D eigenvalue weighted by atomic mass is 16.6. The molecule has 2 aromatic carbocycles. The van der Waals surface area contributed by atoms with Crippen molar-refractivity contribution < 1.29 is 9.53 Å². The zero-order chi connectivity index (χ0) is 25.8. The lowest BCUT2D eigenvalue weighted by Crippen LogP contribution is -2.49. The molecule has 0 spiro atoms. The Kier molecular flexibility index (Phi) is 7.06. The number of nitrogens with zero attached hydrogens (tertiary/aromatic N) is 5. The third-order valence-corrected chi connectivity index (χ3v) is 6.39. The lowest BCUT2D eigenvalue weighted by molar-refractivity contribution is 0.0139. The van der Waals surface area contributed by atoms with Crippen LogP contribution in [-0.2, 0) is 11.3 Å². The van der Waals surface area contributed by atoms with Crippen molar-refractivity contribution in [3.8, 4) is 28.2 Å². The van der Waals surface area contributed by atoms with E-state index in [0.29, 0.717) is 13.1 Å². The Balaban J connectivity index is 1.36. The summed E-state index contributed by atoms with van der Waals surface area (Å²) in [6, 6.07) is 24.8. The van der Waals surface area contributed by atoms with Gasteiger partial charge in [-0.2, -0.15) is 5.10 Å². The van der Waals surface area contributed by atoms with Gasteiger partial charge in [0.2, 0.25) is 0 Å². The summed E-state index contributed by atoms with van der Waals surface area (Å²) in [5.41, 5.74) is 5.83. The van der Waals surface area contributed by atoms with E-state index in [1.165, 1.54) is 11.1 Å². The molecule has 1 amide bonds. The lowest BCUT2D eigenvalue weighted by atomic mass is 10.1. The molecule has 2 aromatic heterocycles. The number of pyridine rings is 1. The summed E-state index contributed by atoms with van der Waals surface area (Å²) < 4.78 is 7.52. The fourth-order valence-corrected chi connectivity index (χ4v) is 4.55. The van der Waals surface area contributed by atoms with Crippen LogP contribution in [0.4, 0.5) is 4.79 Å². The first-order valence-electron chi connectivity index (χ1n) is 12.7. The number of rotatable bonds is 5. The highest BCUT2D eigenvalue weighted by Crippen LogP contribution is 2.28. The second-order valence-electron chi connectivity index (χ2n) is 10.3. The van der Waals surface area contributed by atoms with Crippen LogP contribution in [0.3, 0.4) is 0 Å². The molecule has 1 fully saturated rings. The van der Waals surface area contributed by atoms with Crippen LogP contribution in [0.15, 0.2) is 85.2 Å². The Morgan fingerprint density at radius 2 is 1.54 bits per heavy atom. The fraction of sp³-hybridized carbons (Fsp3) is 0.300. The minimum Gasteiger partial charge on any atom is -0.444 e. The maximum Gasteiger partial charge on any atom is 0.410 e. The molecule has 7 nitrogen and oxygen atoms in total. The molecular formula is C30H33N5O2. The second-order valence-corrected chi connectivity index (χ2v) is 10.3. The van der Waals surface area contributed by atoms with E-state index in [1.54, 1.807) is 4.90 Å². The Hall–Kier alpha value is -3.97. The molecule has 5 rings (SSSR count). The third kappa shape index (κ3) is 5.89. The summed E-state index contributed by atoms with van der Waals surface area (Å²) in [7, 11) is 0. The van der Waals surface area contributed by atoms with Gasteiger partial charge in [-0.1, -0.05) is 48.5 Å². The molecule has 1 saturated heterocycles. The van der Waals surface area contributed by atoms with Gasteiger partial charge in [-0.25, -0.2) is 9.48 Å². The van der Waals surface area contributed by atoms with Crippen molar-refractivity contribution in [2.45, 2.75) is 32.9 Å². The van der Waals surface area contributed by atoms with Gasteiger partial charge < -0.3 is 9.64 Å². The van der Waals surface area contributed by atoms with Crippen molar-refractivity contribution in [2.75, 3.05) is 26.2 Å². The van der Waals surface area contributed by atoms with Crippen molar-refractivity contribution in [1.82, 2.24) is 24.6 Å². The topological polar surface area (TPSA) is 63.5 Å². The van der Waals surface area contributed by atoms with Gasteiger partial charge in [0.15, 0.2) is 0 Å². The van der Waals surface area contributed by atoms with E-state index in [-0.39, 0.29) is 6.09 Å². The van der Waals surface area contributed by atoms with E-state index < -0.39 is 5.60 Å². The normalized spacial score (nSPS) is 14.5. The van der Waals surface area contributed by atoms with E-state index in [2.05, 4.69) is 58.4 Å². The molecule has 0 aliphatic carbocycles. The molecular weight excluding hydrogens is 462 g/mol. The molecule has 190 valence electrons. The number of carbonyl (C=O) groups is 1. The molecule has 3 heterocycles. The molecule has 0 N–H and O–H groups in total. The predicted molar refractivity (Wildman–Crippen MR) is 145 cm³/mol. The number of aromatic nitrogens is 3. The van der Waals surface area contributed by atoms with E-state index in [0.717, 1.165) is 42.3 Å². The van der Waals surface area contributed by atoms with Crippen LogP contribution < -0.4 is 0 Å². The quantitative estimate of drug-likeness (QED) is 0.358. The van der Waals surface area contributed by atoms with Gasteiger partial charge in [0.25, 0.3) is 0 Å². The molecule has 37 heavy (non-hydrogen) atoms. The zero-order valence-electron chi connectivity index (χ0n) is 21.7. The minimum absolute atomic E-state index is 0.243. The summed E-state index contributed by atoms with van der Waals surface area (Å²) >= 11 is 0. The molecule has 0 radical (unpaired) electrons. The zero-order valence-corrected chi connectivity index (χ0v) is 21.7. The van der Waals surface area contributed by atoms with Crippen molar-refractivity contribution in [3.63, 3.8) is 0 Å². The maximum atomic E-state index is 12.5. The van der Waals surface area contributed by atoms with Crippen molar-refractivity contribution in [3.05, 3.63) is 90.8 Å². The third-order valence-electron chi connectivity index (χ3n) is 6.39. The van der Waals surface area contributed by atoms with E-state index in [1.807, 2.05) is 62.1 Å². The fourth-order valence-electron chi connectivity index (χ4n) is 4.55. The number of hydrogen-bond acceptors (Lipinski definition) is 5. The van der Waals surface area contributed by atoms with E-state index in [4.69, 9.17) is 9.84 Å². The van der Waals surface area contributed by atoms with Crippen molar-refractivity contribution in [2.24, 2.45) is 0 Å². The number of piperazine rings is 1. The van der Waals surface area contributed by atoms with E-state index in [9.17, 15) is 4.79 Å². The first-order valence-corrected chi connectivity index (χ1v) is 12.7.